The van der Waals surface area contributed by atoms with E-state index in [1.165, 1.54) is 12.1 Å². The lowest BCUT2D eigenvalue weighted by Crippen LogP contribution is -2.35. The zero-order valence-corrected chi connectivity index (χ0v) is 21.8. The van der Waals surface area contributed by atoms with Crippen molar-refractivity contribution in [1.82, 2.24) is 10.8 Å². The topological polar surface area (TPSA) is 119 Å². The van der Waals surface area contributed by atoms with Gasteiger partial charge in [0.05, 0.1) is 6.61 Å². The largest absolute Gasteiger partial charge is 0.395 e. The number of amides is 1. The standard InChI is InChI=1S/C9H12FNO.C9H20N2O2.C9H8O2/c1-11(6-7-12)9-4-2-8(10)3-5-9;1-7(5-8(12)11-13)9(2,3)6-10-4;10-6-5-8-1-3-9(7-11)4-2-8/h2-5,12H,6-7H2,1H3;7,10,13H,5-6H2,1-4H3,(H,11,12);1-4,6-7H,5H2. The van der Waals surface area contributed by atoms with Crippen LogP contribution in [0.25, 0.3) is 0 Å². The Bertz CT molecular complexity index is 889. The Morgan fingerprint density at radius 1 is 1.11 bits per heavy atom. The number of hydrogen-bond donors (Lipinski definition) is 4. The minimum atomic E-state index is -0.323. The number of carbonyl (C=O) groups is 3. The predicted octanol–water partition coefficient (Wildman–Crippen LogP) is 3.26. The molecule has 0 saturated carbocycles. The highest BCUT2D eigenvalue weighted by Crippen LogP contribution is 2.28. The van der Waals surface area contributed by atoms with Gasteiger partial charge in [-0.2, -0.15) is 0 Å². The summed E-state index contributed by atoms with van der Waals surface area (Å²) >= 11 is 0. The molecule has 9 heteroatoms. The average Bonchev–Trinajstić information content (AvgIpc) is 2.86. The van der Waals surface area contributed by atoms with Gasteiger partial charge in [0.25, 0.3) is 0 Å². The molecule has 0 aliphatic carbocycles. The van der Waals surface area contributed by atoms with Crippen LogP contribution in [0, 0.1) is 17.2 Å². The van der Waals surface area contributed by atoms with Crippen molar-refractivity contribution in [2.45, 2.75) is 33.6 Å². The first-order chi connectivity index (χ1) is 17.0. The van der Waals surface area contributed by atoms with Gasteiger partial charge in [0.2, 0.25) is 5.91 Å². The number of aldehydes is 2. The maximum absolute atomic E-state index is 12.5. The Balaban J connectivity index is 0.000000512. The third-order valence-corrected chi connectivity index (χ3v) is 5.72. The number of rotatable bonds is 11. The fourth-order valence-corrected chi connectivity index (χ4v) is 3.03. The summed E-state index contributed by atoms with van der Waals surface area (Å²) in [6, 6.07) is 13.1. The fourth-order valence-electron chi connectivity index (χ4n) is 3.03. The molecular weight excluding hydrogens is 465 g/mol. The zero-order chi connectivity index (χ0) is 27.6. The summed E-state index contributed by atoms with van der Waals surface area (Å²) in [6.45, 7) is 7.72. The van der Waals surface area contributed by atoms with E-state index < -0.39 is 0 Å². The third kappa shape index (κ3) is 13.7. The number of likely N-dealkylation sites (N-methyl/N-ethyl adjacent to an activating group) is 1. The zero-order valence-electron chi connectivity index (χ0n) is 21.8. The van der Waals surface area contributed by atoms with Gasteiger partial charge in [0, 0.05) is 44.2 Å². The van der Waals surface area contributed by atoms with Crippen molar-refractivity contribution >= 4 is 24.2 Å². The molecule has 4 N–H and O–H groups in total. The van der Waals surface area contributed by atoms with Crippen LogP contribution in [0.3, 0.4) is 0 Å². The molecule has 1 atom stereocenters. The molecule has 0 heterocycles. The summed E-state index contributed by atoms with van der Waals surface area (Å²) in [6.07, 6.45) is 2.39. The minimum absolute atomic E-state index is 0.0568. The number of hydroxylamine groups is 1. The summed E-state index contributed by atoms with van der Waals surface area (Å²) in [5.41, 5.74) is 4.19. The van der Waals surface area contributed by atoms with E-state index in [9.17, 15) is 18.8 Å². The molecule has 0 aromatic heterocycles. The second kappa shape index (κ2) is 18.2. The lowest BCUT2D eigenvalue weighted by Gasteiger charge is -2.31. The average molecular weight is 506 g/mol. The number of hydrogen-bond acceptors (Lipinski definition) is 7. The molecule has 0 fully saturated rings. The van der Waals surface area contributed by atoms with E-state index in [2.05, 4.69) is 19.2 Å². The molecule has 0 saturated heterocycles. The molecule has 2 aromatic carbocycles. The highest BCUT2D eigenvalue weighted by molar-refractivity contribution is 5.75. The van der Waals surface area contributed by atoms with Crippen LogP contribution in [0.1, 0.15) is 43.1 Å². The Morgan fingerprint density at radius 2 is 1.69 bits per heavy atom. The first-order valence-corrected chi connectivity index (χ1v) is 11.7. The number of nitrogens with zero attached hydrogens (tertiary/aromatic N) is 1. The van der Waals surface area contributed by atoms with Gasteiger partial charge in [-0.15, -0.1) is 0 Å². The monoisotopic (exact) mass is 505 g/mol. The van der Waals surface area contributed by atoms with Gasteiger partial charge in [-0.3, -0.25) is 14.8 Å². The molecule has 1 unspecified atom stereocenters. The highest BCUT2D eigenvalue weighted by Gasteiger charge is 2.26. The molecular formula is C27H40FN3O5. The van der Waals surface area contributed by atoms with E-state index >= 15 is 0 Å². The van der Waals surface area contributed by atoms with Crippen LogP contribution in [0.2, 0.25) is 0 Å². The van der Waals surface area contributed by atoms with E-state index in [0.717, 1.165) is 30.4 Å². The van der Waals surface area contributed by atoms with Crippen LogP contribution < -0.4 is 15.7 Å². The summed E-state index contributed by atoms with van der Waals surface area (Å²) in [5, 5.41) is 20.1. The van der Waals surface area contributed by atoms with Crippen molar-refractivity contribution in [3.05, 3.63) is 65.5 Å². The van der Waals surface area contributed by atoms with Gasteiger partial charge in [-0.25, -0.2) is 9.87 Å². The van der Waals surface area contributed by atoms with Crippen molar-refractivity contribution in [2.24, 2.45) is 11.3 Å². The van der Waals surface area contributed by atoms with Gasteiger partial charge in [-0.1, -0.05) is 45.0 Å². The molecule has 1 amide bonds. The molecule has 0 aliphatic heterocycles. The first-order valence-electron chi connectivity index (χ1n) is 11.7. The van der Waals surface area contributed by atoms with Crippen LogP contribution in [-0.4, -0.2) is 62.6 Å². The smallest absolute Gasteiger partial charge is 0.243 e. The number of halogens is 1. The number of aliphatic hydroxyl groups is 1. The Kier molecular flexibility index (Phi) is 16.6. The molecule has 36 heavy (non-hydrogen) atoms. The SMILES string of the molecule is CN(CCO)c1ccc(F)cc1.CNCC(C)(C)C(C)CC(=O)NO.O=CCc1ccc(C=O)cc1. The number of carbonyl (C=O) groups excluding carboxylic acids is 3. The summed E-state index contributed by atoms with van der Waals surface area (Å²) in [4.78, 5) is 33.0. The van der Waals surface area contributed by atoms with Crippen molar-refractivity contribution in [3.63, 3.8) is 0 Å². The molecule has 0 bridgehead atoms. The van der Waals surface area contributed by atoms with Crippen LogP contribution in [0.15, 0.2) is 48.5 Å². The molecule has 0 aliphatic rings. The maximum Gasteiger partial charge on any atom is 0.243 e. The summed E-state index contributed by atoms with van der Waals surface area (Å²) < 4.78 is 12.5. The van der Waals surface area contributed by atoms with Crippen LogP contribution in [0.5, 0.6) is 0 Å². The van der Waals surface area contributed by atoms with Crippen LogP contribution in [-0.2, 0) is 16.0 Å². The predicted molar refractivity (Wildman–Crippen MR) is 140 cm³/mol. The van der Waals surface area contributed by atoms with E-state index in [1.54, 1.807) is 41.9 Å². The lowest BCUT2D eigenvalue weighted by molar-refractivity contribution is -0.130. The quantitative estimate of drug-likeness (QED) is 0.210. The molecule has 0 radical (unpaired) electrons. The Morgan fingerprint density at radius 3 is 2.14 bits per heavy atom. The Hall–Kier alpha value is -3.14. The van der Waals surface area contributed by atoms with Crippen molar-refractivity contribution in [2.75, 3.05) is 38.7 Å². The van der Waals surface area contributed by atoms with E-state index in [0.29, 0.717) is 24.9 Å². The molecule has 2 aromatic rings. The van der Waals surface area contributed by atoms with Gasteiger partial charge in [0.15, 0.2) is 0 Å². The highest BCUT2D eigenvalue weighted by atomic mass is 19.1. The van der Waals surface area contributed by atoms with Crippen molar-refractivity contribution < 1.29 is 29.1 Å². The Labute approximate surface area is 213 Å². The first kappa shape index (κ1) is 32.9. The maximum atomic E-state index is 12.5. The second-order valence-corrected chi connectivity index (χ2v) is 9.01. The van der Waals surface area contributed by atoms with Gasteiger partial charge < -0.3 is 20.1 Å². The van der Waals surface area contributed by atoms with E-state index in [-0.39, 0.29) is 29.7 Å². The van der Waals surface area contributed by atoms with Gasteiger partial charge in [-0.05, 0) is 48.2 Å². The van der Waals surface area contributed by atoms with E-state index in [4.69, 9.17) is 10.3 Å². The van der Waals surface area contributed by atoms with E-state index in [1.807, 2.05) is 25.9 Å². The number of anilines is 1. The summed E-state index contributed by atoms with van der Waals surface area (Å²) in [7, 11) is 3.74. The van der Waals surface area contributed by atoms with Crippen molar-refractivity contribution in [1.29, 1.82) is 0 Å². The minimum Gasteiger partial charge on any atom is -0.395 e. The number of aliphatic hydroxyl groups excluding tert-OH is 1. The van der Waals surface area contributed by atoms with Crippen LogP contribution >= 0.6 is 0 Å². The van der Waals surface area contributed by atoms with Gasteiger partial charge in [0.1, 0.15) is 18.4 Å². The van der Waals surface area contributed by atoms with Crippen LogP contribution in [0.4, 0.5) is 10.1 Å². The molecule has 0 spiro atoms. The lowest BCUT2D eigenvalue weighted by atomic mass is 9.78. The second-order valence-electron chi connectivity index (χ2n) is 9.01. The molecule has 2 rings (SSSR count). The summed E-state index contributed by atoms with van der Waals surface area (Å²) in [5.74, 6) is -0.333. The fraction of sp³-hybridized carbons (Fsp3) is 0.444. The van der Waals surface area contributed by atoms with Gasteiger partial charge >= 0.3 is 0 Å². The van der Waals surface area contributed by atoms with Crippen molar-refractivity contribution in [3.8, 4) is 0 Å². The molecule has 8 nitrogen and oxygen atoms in total. The molecule has 200 valence electrons. The third-order valence-electron chi connectivity index (χ3n) is 5.72. The normalized spacial score (nSPS) is 11.1. The number of benzene rings is 2. The number of nitrogens with one attached hydrogen (secondary N) is 2.